The van der Waals surface area contributed by atoms with Crippen molar-refractivity contribution in [1.82, 2.24) is 0 Å². The van der Waals surface area contributed by atoms with Crippen molar-refractivity contribution in [1.29, 1.82) is 0 Å². The first-order valence-corrected chi connectivity index (χ1v) is 10.1. The summed E-state index contributed by atoms with van der Waals surface area (Å²) in [6.45, 7) is 2.37. The maximum atomic E-state index is 9.05. The molecule has 0 saturated heterocycles. The van der Waals surface area contributed by atoms with Gasteiger partial charge in [0.05, 0.1) is 0 Å². The van der Waals surface area contributed by atoms with Crippen LogP contribution in [0.1, 0.15) is 51.9 Å². The molecule has 0 bridgehead atoms. The average Bonchev–Trinajstić information content (AvgIpc) is 2.64. The molecule has 1 unspecified atom stereocenters. The third-order valence-corrected chi connectivity index (χ3v) is 4.10. The Balaban J connectivity index is 3.57. The fourth-order valence-corrected chi connectivity index (χ4v) is 2.28. The number of hydrogen-bond acceptors (Lipinski definition) is 2. The van der Waals surface area contributed by atoms with Gasteiger partial charge in [0.15, 0.2) is 0 Å². The van der Waals surface area contributed by atoms with E-state index < -0.39 is 0 Å². The molecule has 0 saturated carbocycles. The smallest absolute Gasteiger partial charge is 0.0470 e. The molecule has 1 atom stereocenters. The predicted octanol–water partition coefficient (Wildman–Crippen LogP) is 6.61. The summed E-state index contributed by atoms with van der Waals surface area (Å²) >= 11 is 4.21. The molecule has 0 aliphatic heterocycles. The summed E-state index contributed by atoms with van der Waals surface area (Å²) in [6.07, 6.45) is 33.4. The van der Waals surface area contributed by atoms with Crippen molar-refractivity contribution < 1.29 is 5.11 Å². The van der Waals surface area contributed by atoms with Crippen molar-refractivity contribution in [2.45, 2.75) is 51.9 Å². The first kappa shape index (κ1) is 23.8. The standard InChI is InChI=1S/C23H36OS/c1-2-3-4-5-6-7-8-9-10-11-12-13-14-15-16-17-18-19-20-23(21-24)22-25/h3-4,6-7,9-10,12-13,15-16,18-19,23-25H,2,5,8,11,14,17,20-22H2,1H3/b4-3+,7-6+,10-9+,13-12+,16-15+,19-18+. The highest BCUT2D eigenvalue weighted by Gasteiger charge is 2.00. The highest BCUT2D eigenvalue weighted by molar-refractivity contribution is 7.80. The Morgan fingerprint density at radius 1 is 0.640 bits per heavy atom. The van der Waals surface area contributed by atoms with Crippen molar-refractivity contribution in [3.8, 4) is 0 Å². The number of hydrogen-bond donors (Lipinski definition) is 2. The van der Waals surface area contributed by atoms with Crippen LogP contribution in [0.5, 0.6) is 0 Å². The van der Waals surface area contributed by atoms with Gasteiger partial charge in [-0.3, -0.25) is 0 Å². The van der Waals surface area contributed by atoms with Gasteiger partial charge in [0.25, 0.3) is 0 Å². The second-order valence-electron chi connectivity index (χ2n) is 5.88. The summed E-state index contributed by atoms with van der Waals surface area (Å²) < 4.78 is 0. The molecule has 0 amide bonds. The van der Waals surface area contributed by atoms with Gasteiger partial charge in [-0.1, -0.05) is 79.8 Å². The predicted molar refractivity (Wildman–Crippen MR) is 117 cm³/mol. The molecule has 1 nitrogen and oxygen atoms in total. The monoisotopic (exact) mass is 360 g/mol. The van der Waals surface area contributed by atoms with Crippen molar-refractivity contribution in [2.24, 2.45) is 5.92 Å². The number of aliphatic hydroxyl groups excluding tert-OH is 1. The van der Waals surface area contributed by atoms with Gasteiger partial charge in [-0.2, -0.15) is 12.6 Å². The molecule has 140 valence electrons. The first-order valence-electron chi connectivity index (χ1n) is 9.46. The Morgan fingerprint density at radius 3 is 1.32 bits per heavy atom. The molecule has 0 aliphatic carbocycles. The molecular weight excluding hydrogens is 324 g/mol. The number of thiol groups is 1. The van der Waals surface area contributed by atoms with Crippen LogP contribution in [0.2, 0.25) is 0 Å². The van der Waals surface area contributed by atoms with Gasteiger partial charge in [-0.15, -0.1) is 0 Å². The summed E-state index contributed by atoms with van der Waals surface area (Å²) in [5.41, 5.74) is 0. The highest BCUT2D eigenvalue weighted by Crippen LogP contribution is 2.05. The topological polar surface area (TPSA) is 20.2 Å². The minimum absolute atomic E-state index is 0.218. The van der Waals surface area contributed by atoms with Crippen LogP contribution in [0.15, 0.2) is 72.9 Å². The van der Waals surface area contributed by atoms with Crippen LogP contribution < -0.4 is 0 Å². The van der Waals surface area contributed by atoms with Crippen LogP contribution in [0.25, 0.3) is 0 Å². The molecule has 0 heterocycles. The largest absolute Gasteiger partial charge is 0.396 e. The van der Waals surface area contributed by atoms with Crippen LogP contribution in [-0.2, 0) is 0 Å². The molecule has 1 N–H and O–H groups in total. The van der Waals surface area contributed by atoms with Gasteiger partial charge in [0.2, 0.25) is 0 Å². The number of aliphatic hydroxyl groups is 1. The molecule has 25 heavy (non-hydrogen) atoms. The molecule has 0 spiro atoms. The lowest BCUT2D eigenvalue weighted by molar-refractivity contribution is 0.241. The average molecular weight is 361 g/mol. The second kappa shape index (κ2) is 20.8. The lowest BCUT2D eigenvalue weighted by atomic mass is 10.1. The van der Waals surface area contributed by atoms with Gasteiger partial charge in [-0.25, -0.2) is 0 Å². The third kappa shape index (κ3) is 18.9. The van der Waals surface area contributed by atoms with E-state index in [1.165, 1.54) is 0 Å². The Bertz CT molecular complexity index is 437. The summed E-state index contributed by atoms with van der Waals surface area (Å²) in [4.78, 5) is 0. The third-order valence-electron chi connectivity index (χ3n) is 3.58. The Morgan fingerprint density at radius 2 is 1.00 bits per heavy atom. The van der Waals surface area contributed by atoms with Crippen LogP contribution in [-0.4, -0.2) is 17.5 Å². The summed E-state index contributed by atoms with van der Waals surface area (Å²) in [5.74, 6) is 1.02. The Kier molecular flexibility index (Phi) is 19.8. The van der Waals surface area contributed by atoms with E-state index in [1.54, 1.807) is 0 Å². The zero-order valence-electron chi connectivity index (χ0n) is 15.8. The molecule has 0 aromatic heterocycles. The van der Waals surface area contributed by atoms with Gasteiger partial charge in [-0.05, 0) is 56.6 Å². The van der Waals surface area contributed by atoms with E-state index in [-0.39, 0.29) is 12.5 Å². The minimum atomic E-state index is 0.218. The fraction of sp³-hybridized carbons (Fsp3) is 0.478. The molecule has 0 fully saturated rings. The molecule has 0 rings (SSSR count). The van der Waals surface area contributed by atoms with E-state index in [0.717, 1.165) is 50.7 Å². The van der Waals surface area contributed by atoms with Gasteiger partial charge in [0.1, 0.15) is 0 Å². The van der Waals surface area contributed by atoms with Crippen LogP contribution in [0.4, 0.5) is 0 Å². The quantitative estimate of drug-likeness (QED) is 0.248. The normalized spacial score (nSPS) is 14.5. The van der Waals surface area contributed by atoms with E-state index in [0.29, 0.717) is 0 Å². The number of rotatable bonds is 15. The maximum absolute atomic E-state index is 9.05. The first-order chi connectivity index (χ1) is 12.3. The maximum Gasteiger partial charge on any atom is 0.0470 e. The molecule has 0 aromatic rings. The molecule has 0 aromatic carbocycles. The van der Waals surface area contributed by atoms with E-state index in [2.05, 4.69) is 92.5 Å². The Labute approximate surface area is 161 Å². The zero-order valence-corrected chi connectivity index (χ0v) is 16.7. The van der Waals surface area contributed by atoms with E-state index in [1.807, 2.05) is 0 Å². The lowest BCUT2D eigenvalue weighted by Crippen LogP contribution is -2.05. The molecular formula is C23H36OS. The molecule has 0 radical (unpaired) electrons. The second-order valence-corrected chi connectivity index (χ2v) is 6.25. The number of allylic oxidation sites excluding steroid dienone is 12. The SMILES string of the molecule is CC/C=C/C/C=C/C/C=C/C/C=C/C/C=C/C/C=C/CC(CO)CS. The van der Waals surface area contributed by atoms with Crippen LogP contribution in [0, 0.1) is 5.92 Å². The van der Waals surface area contributed by atoms with Crippen molar-refractivity contribution in [3.63, 3.8) is 0 Å². The van der Waals surface area contributed by atoms with Gasteiger partial charge >= 0.3 is 0 Å². The van der Waals surface area contributed by atoms with E-state index in [9.17, 15) is 0 Å². The lowest BCUT2D eigenvalue weighted by Gasteiger charge is -2.05. The van der Waals surface area contributed by atoms with Crippen molar-refractivity contribution in [3.05, 3.63) is 72.9 Å². The Hall–Kier alpha value is -1.25. The molecule has 2 heteroatoms. The molecule has 0 aliphatic rings. The fourth-order valence-electron chi connectivity index (χ4n) is 2.02. The van der Waals surface area contributed by atoms with Gasteiger partial charge in [0, 0.05) is 6.61 Å². The zero-order chi connectivity index (χ0) is 18.4. The van der Waals surface area contributed by atoms with Gasteiger partial charge < -0.3 is 5.11 Å². The summed E-state index contributed by atoms with van der Waals surface area (Å²) in [5, 5.41) is 9.05. The van der Waals surface area contributed by atoms with Crippen LogP contribution >= 0.6 is 12.6 Å². The summed E-state index contributed by atoms with van der Waals surface area (Å²) in [6, 6.07) is 0. The van der Waals surface area contributed by atoms with E-state index >= 15 is 0 Å². The van der Waals surface area contributed by atoms with Crippen LogP contribution in [0.3, 0.4) is 0 Å². The van der Waals surface area contributed by atoms with Crippen molar-refractivity contribution in [2.75, 3.05) is 12.4 Å². The van der Waals surface area contributed by atoms with Crippen molar-refractivity contribution >= 4 is 12.6 Å². The summed E-state index contributed by atoms with van der Waals surface area (Å²) in [7, 11) is 0. The highest BCUT2D eigenvalue weighted by atomic mass is 32.1. The van der Waals surface area contributed by atoms with E-state index in [4.69, 9.17) is 5.11 Å². The minimum Gasteiger partial charge on any atom is -0.396 e.